The molecule has 208 valence electrons. The van der Waals surface area contributed by atoms with Crippen LogP contribution in [0.2, 0.25) is 0 Å². The smallest absolute Gasteiger partial charge is 0.345 e. The van der Waals surface area contributed by atoms with E-state index in [4.69, 9.17) is 5.41 Å². The Balaban J connectivity index is 1.62. The summed E-state index contributed by atoms with van der Waals surface area (Å²) >= 11 is 0. The number of aromatic nitrogens is 3. The number of pyridine rings is 1. The summed E-state index contributed by atoms with van der Waals surface area (Å²) in [7, 11) is 1.65. The molecule has 4 aromatic rings. The van der Waals surface area contributed by atoms with Gasteiger partial charge in [0.15, 0.2) is 0 Å². The third-order valence-corrected chi connectivity index (χ3v) is 7.02. The van der Waals surface area contributed by atoms with Gasteiger partial charge in [0, 0.05) is 37.4 Å². The number of rotatable bonds is 7. The number of nitrogens with zero attached hydrogens (tertiary/aromatic N) is 3. The first kappa shape index (κ1) is 27.3. The Bertz CT molecular complexity index is 1650. The first-order valence-electron chi connectivity index (χ1n) is 12.6. The predicted molar refractivity (Wildman–Crippen MR) is 137 cm³/mol. The van der Waals surface area contributed by atoms with Crippen molar-refractivity contribution in [2.24, 2.45) is 13.0 Å². The van der Waals surface area contributed by atoms with Crippen LogP contribution in [0.5, 0.6) is 0 Å². The predicted octanol–water partition coefficient (Wildman–Crippen LogP) is 5.90. The number of hydrogen-bond donors (Lipinski definition) is 2. The van der Waals surface area contributed by atoms with Crippen LogP contribution in [0.15, 0.2) is 61.2 Å². The van der Waals surface area contributed by atoms with Crippen molar-refractivity contribution in [3.63, 3.8) is 0 Å². The fourth-order valence-electron chi connectivity index (χ4n) is 4.84. The van der Waals surface area contributed by atoms with Gasteiger partial charge in [0.05, 0.1) is 23.7 Å². The van der Waals surface area contributed by atoms with Crippen molar-refractivity contribution in [3.8, 4) is 11.1 Å². The highest BCUT2D eigenvalue weighted by Crippen LogP contribution is 2.42. The Morgan fingerprint density at radius 1 is 1.10 bits per heavy atom. The van der Waals surface area contributed by atoms with Crippen LogP contribution in [0, 0.1) is 29.9 Å². The van der Waals surface area contributed by atoms with Crippen LogP contribution in [-0.2, 0) is 19.8 Å². The molecule has 1 aliphatic rings. The van der Waals surface area contributed by atoms with Gasteiger partial charge in [-0.3, -0.25) is 15.2 Å². The van der Waals surface area contributed by atoms with Crippen LogP contribution in [0.4, 0.5) is 22.0 Å². The summed E-state index contributed by atoms with van der Waals surface area (Å²) in [5.74, 6) is -2.94. The maximum Gasteiger partial charge on any atom is 0.417 e. The van der Waals surface area contributed by atoms with Gasteiger partial charge in [-0.2, -0.15) is 13.2 Å². The third-order valence-electron chi connectivity index (χ3n) is 7.02. The Labute approximate surface area is 226 Å². The van der Waals surface area contributed by atoms with E-state index in [1.54, 1.807) is 31.8 Å². The van der Waals surface area contributed by atoms with E-state index in [0.717, 1.165) is 36.1 Å². The molecule has 6 nitrogen and oxygen atoms in total. The Morgan fingerprint density at radius 2 is 1.85 bits per heavy atom. The summed E-state index contributed by atoms with van der Waals surface area (Å²) in [6.07, 6.45) is 3.26. The molecule has 2 aromatic carbocycles. The number of nitrogens with one attached hydrogen (secondary N) is 2. The minimum atomic E-state index is -4.97. The summed E-state index contributed by atoms with van der Waals surface area (Å²) in [6.45, 7) is 1.85. The molecule has 1 aliphatic carbocycles. The lowest BCUT2D eigenvalue weighted by Gasteiger charge is -2.21. The standard InChI is InChI=1S/C29H26F5N5O/c1-16-9-19(14-36-13-16)26(18-3-4-18)37-27(40)23-11-17(15-39-8-7-38(2)28(39)35)10-22(25(23)31)21-6-5-20(30)12-24(21)29(32,33)34/h5-14,18,26,35H,3-4,15H2,1-2H3,(H,37,40). The number of halogens is 5. The molecule has 0 saturated heterocycles. The quantitative estimate of drug-likeness (QED) is 0.279. The Morgan fingerprint density at radius 3 is 2.48 bits per heavy atom. The van der Waals surface area contributed by atoms with Gasteiger partial charge in [-0.25, -0.2) is 8.78 Å². The van der Waals surface area contributed by atoms with E-state index in [1.807, 2.05) is 13.0 Å². The highest BCUT2D eigenvalue weighted by molar-refractivity contribution is 5.96. The number of carbonyl (C=O) groups excluding carboxylic acids is 1. The van der Waals surface area contributed by atoms with Gasteiger partial charge in [0.2, 0.25) is 5.62 Å². The molecule has 40 heavy (non-hydrogen) atoms. The molecule has 0 radical (unpaired) electrons. The summed E-state index contributed by atoms with van der Waals surface area (Å²) in [5.41, 5.74) is -0.853. The number of amides is 1. The van der Waals surface area contributed by atoms with Crippen LogP contribution in [0.1, 0.15) is 51.5 Å². The second-order valence-electron chi connectivity index (χ2n) is 10.1. The lowest BCUT2D eigenvalue weighted by atomic mass is 9.94. The van der Waals surface area contributed by atoms with Gasteiger partial charge >= 0.3 is 6.18 Å². The van der Waals surface area contributed by atoms with Crippen molar-refractivity contribution in [3.05, 3.63) is 106 Å². The van der Waals surface area contributed by atoms with Gasteiger partial charge in [-0.05, 0) is 72.2 Å². The minimum absolute atomic E-state index is 0.0103. The van der Waals surface area contributed by atoms with Gasteiger partial charge in [-0.15, -0.1) is 0 Å². The van der Waals surface area contributed by atoms with E-state index in [-0.39, 0.29) is 18.1 Å². The normalized spacial score (nSPS) is 14.3. The van der Waals surface area contributed by atoms with Crippen LogP contribution >= 0.6 is 0 Å². The van der Waals surface area contributed by atoms with Crippen molar-refractivity contribution in [2.75, 3.05) is 0 Å². The topological polar surface area (TPSA) is 75.7 Å². The molecule has 2 heterocycles. The van der Waals surface area contributed by atoms with E-state index in [0.29, 0.717) is 11.6 Å². The Hall–Kier alpha value is -4.28. The van der Waals surface area contributed by atoms with E-state index in [1.165, 1.54) is 21.3 Å². The fourth-order valence-corrected chi connectivity index (χ4v) is 4.84. The molecule has 1 saturated carbocycles. The molecular formula is C29H26F5N5O. The number of carbonyl (C=O) groups is 1. The third kappa shape index (κ3) is 5.54. The van der Waals surface area contributed by atoms with E-state index in [2.05, 4.69) is 10.3 Å². The maximum absolute atomic E-state index is 16.0. The summed E-state index contributed by atoms with van der Waals surface area (Å²) < 4.78 is 74.6. The Kier molecular flexibility index (Phi) is 7.07. The molecule has 1 unspecified atom stereocenters. The molecule has 1 atom stereocenters. The van der Waals surface area contributed by atoms with Gasteiger partial charge in [0.1, 0.15) is 11.6 Å². The van der Waals surface area contributed by atoms with Crippen LogP contribution in [-0.4, -0.2) is 20.0 Å². The molecule has 1 amide bonds. The van der Waals surface area contributed by atoms with Gasteiger partial charge in [0.25, 0.3) is 5.91 Å². The van der Waals surface area contributed by atoms with Gasteiger partial charge in [-0.1, -0.05) is 12.1 Å². The number of benzene rings is 2. The van der Waals surface area contributed by atoms with Crippen molar-refractivity contribution >= 4 is 5.91 Å². The van der Waals surface area contributed by atoms with Crippen molar-refractivity contribution in [1.29, 1.82) is 5.41 Å². The largest absolute Gasteiger partial charge is 0.417 e. The van der Waals surface area contributed by atoms with Crippen molar-refractivity contribution < 1.29 is 26.7 Å². The summed E-state index contributed by atoms with van der Waals surface area (Å²) in [6, 6.07) is 5.90. The monoisotopic (exact) mass is 555 g/mol. The summed E-state index contributed by atoms with van der Waals surface area (Å²) in [5, 5.41) is 11.1. The first-order chi connectivity index (χ1) is 18.9. The number of imidazole rings is 1. The molecule has 11 heteroatoms. The highest BCUT2D eigenvalue weighted by Gasteiger charge is 2.37. The average molecular weight is 556 g/mol. The van der Waals surface area contributed by atoms with E-state index in [9.17, 15) is 22.4 Å². The summed E-state index contributed by atoms with van der Waals surface area (Å²) in [4.78, 5) is 17.8. The molecule has 2 aromatic heterocycles. The molecule has 0 spiro atoms. The van der Waals surface area contributed by atoms with E-state index < -0.39 is 52.0 Å². The zero-order valence-corrected chi connectivity index (χ0v) is 21.7. The first-order valence-corrected chi connectivity index (χ1v) is 12.6. The van der Waals surface area contributed by atoms with Crippen molar-refractivity contribution in [1.82, 2.24) is 19.4 Å². The molecule has 2 N–H and O–H groups in total. The maximum atomic E-state index is 16.0. The van der Waals surface area contributed by atoms with Crippen molar-refractivity contribution in [2.45, 2.75) is 38.5 Å². The lowest BCUT2D eigenvalue weighted by molar-refractivity contribution is -0.137. The van der Waals surface area contributed by atoms with Crippen LogP contribution in [0.3, 0.4) is 0 Å². The number of alkyl halides is 3. The molecule has 1 fully saturated rings. The zero-order chi connectivity index (χ0) is 28.8. The molecular weight excluding hydrogens is 529 g/mol. The second kappa shape index (κ2) is 10.4. The van der Waals surface area contributed by atoms with Crippen LogP contribution in [0.25, 0.3) is 11.1 Å². The molecule has 5 rings (SSSR count). The highest BCUT2D eigenvalue weighted by atomic mass is 19.4. The van der Waals surface area contributed by atoms with E-state index >= 15 is 4.39 Å². The average Bonchev–Trinajstić information content (AvgIpc) is 3.69. The molecule has 0 aliphatic heterocycles. The number of hydrogen-bond acceptors (Lipinski definition) is 3. The SMILES string of the molecule is Cc1cncc(C(NC(=O)c2cc(Cn3ccn(C)c3=N)cc(-c3ccc(F)cc3C(F)(F)F)c2F)C2CC2)c1. The van der Waals surface area contributed by atoms with Gasteiger partial charge < -0.3 is 14.5 Å². The fraction of sp³-hybridized carbons (Fsp3) is 0.276. The zero-order valence-electron chi connectivity index (χ0n) is 21.7. The second-order valence-corrected chi connectivity index (χ2v) is 10.1. The van der Waals surface area contributed by atoms with Crippen LogP contribution < -0.4 is 10.9 Å². The minimum Gasteiger partial charge on any atom is -0.345 e. The lowest BCUT2D eigenvalue weighted by Crippen LogP contribution is -2.31. The molecule has 0 bridgehead atoms. The number of aryl methyl sites for hydroxylation is 2.